The minimum atomic E-state index is -0.338. The number of thioether (sulfide) groups is 2. The summed E-state index contributed by atoms with van der Waals surface area (Å²) >= 11 is 3.09. The van der Waals surface area contributed by atoms with E-state index >= 15 is 0 Å². The van der Waals surface area contributed by atoms with Gasteiger partial charge in [-0.1, -0.05) is 36.7 Å². The molecule has 0 saturated heterocycles. The molecule has 0 spiro atoms. The zero-order valence-corrected chi connectivity index (χ0v) is 10.6. The molecule has 0 aliphatic carbocycles. The highest BCUT2D eigenvalue weighted by Gasteiger charge is 2.08. The van der Waals surface area contributed by atoms with Gasteiger partial charge in [0.1, 0.15) is 16.5 Å². The van der Waals surface area contributed by atoms with Crippen molar-refractivity contribution in [2.45, 2.75) is 36.4 Å². The van der Waals surface area contributed by atoms with Crippen molar-refractivity contribution in [3.8, 4) is 0 Å². The molecule has 0 radical (unpaired) electrons. The molecule has 2 atom stereocenters. The van der Waals surface area contributed by atoms with Gasteiger partial charge in [-0.3, -0.25) is 0 Å². The van der Waals surface area contributed by atoms with Crippen molar-refractivity contribution in [2.75, 3.05) is 5.75 Å². The molecule has 90 valence electrons. The van der Waals surface area contributed by atoms with Crippen molar-refractivity contribution in [3.63, 3.8) is 0 Å². The van der Waals surface area contributed by atoms with Gasteiger partial charge >= 0.3 is 0 Å². The molecule has 0 saturated carbocycles. The third-order valence-corrected chi connectivity index (χ3v) is 3.90. The summed E-state index contributed by atoms with van der Waals surface area (Å²) < 4.78 is -0.0450. The Kier molecular flexibility index (Phi) is 10.3. The molecule has 0 aromatic rings. The van der Waals surface area contributed by atoms with Crippen LogP contribution in [-0.2, 0) is 0 Å². The molecule has 0 aliphatic heterocycles. The zero-order valence-electron chi connectivity index (χ0n) is 8.93. The number of rotatable bonds is 9. The molecule has 5 nitrogen and oxygen atoms in total. The topological polar surface area (TPSA) is 96.7 Å². The van der Waals surface area contributed by atoms with Gasteiger partial charge in [-0.05, 0) is 12.2 Å². The van der Waals surface area contributed by atoms with E-state index < -0.39 is 0 Å². The van der Waals surface area contributed by atoms with Crippen molar-refractivity contribution in [1.29, 1.82) is 0 Å². The van der Waals surface area contributed by atoms with E-state index in [9.17, 15) is 0 Å². The fourth-order valence-electron chi connectivity index (χ4n) is 0.881. The number of hydrogen-bond acceptors (Lipinski definition) is 6. The van der Waals surface area contributed by atoms with Gasteiger partial charge in [0.2, 0.25) is 0 Å². The predicted octanol–water partition coefficient (Wildman–Crippen LogP) is 1.13. The molecule has 7 heteroatoms. The molecular formula is C8H20N4OS2. The van der Waals surface area contributed by atoms with Crippen LogP contribution in [-0.4, -0.2) is 27.5 Å². The smallest absolute Gasteiger partial charge is 0.130 e. The molecule has 0 aromatic carbocycles. The second kappa shape index (κ2) is 10.4. The maximum Gasteiger partial charge on any atom is 0.130 e. The molecule has 15 heavy (non-hydrogen) atoms. The second-order valence-corrected chi connectivity index (χ2v) is 5.75. The predicted molar refractivity (Wildman–Crippen MR) is 68.9 cm³/mol. The molecule has 0 fully saturated rings. The maximum atomic E-state index is 8.16. The van der Waals surface area contributed by atoms with Gasteiger partial charge in [-0.15, -0.1) is 11.8 Å². The van der Waals surface area contributed by atoms with Crippen LogP contribution in [0.15, 0.2) is 5.16 Å². The lowest BCUT2D eigenvalue weighted by Gasteiger charge is -2.15. The van der Waals surface area contributed by atoms with Gasteiger partial charge in [-0.2, -0.15) is 0 Å². The summed E-state index contributed by atoms with van der Waals surface area (Å²) in [6, 6.07) is 0. The van der Waals surface area contributed by atoms with E-state index in [0.717, 1.165) is 12.1 Å². The van der Waals surface area contributed by atoms with Crippen LogP contribution in [0.2, 0.25) is 0 Å². The van der Waals surface area contributed by atoms with Crippen LogP contribution in [0.1, 0.15) is 26.2 Å². The Morgan fingerprint density at radius 1 is 1.47 bits per heavy atom. The lowest BCUT2D eigenvalue weighted by molar-refractivity contribution is 0.319. The van der Waals surface area contributed by atoms with E-state index in [1.807, 2.05) is 0 Å². The Morgan fingerprint density at radius 3 is 2.80 bits per heavy atom. The molecular weight excluding hydrogens is 232 g/mol. The van der Waals surface area contributed by atoms with Crippen molar-refractivity contribution < 1.29 is 5.21 Å². The van der Waals surface area contributed by atoms with Crippen molar-refractivity contribution in [1.82, 2.24) is 5.32 Å². The van der Waals surface area contributed by atoms with Crippen LogP contribution in [0.3, 0.4) is 0 Å². The Hall–Kier alpha value is -0.110. The lowest BCUT2D eigenvalue weighted by atomic mass is 10.3. The van der Waals surface area contributed by atoms with E-state index in [-0.39, 0.29) is 10.2 Å². The van der Waals surface area contributed by atoms with E-state index in [2.05, 4.69) is 17.4 Å². The van der Waals surface area contributed by atoms with Gasteiger partial charge in [0, 0.05) is 0 Å². The van der Waals surface area contributed by atoms with Crippen LogP contribution < -0.4 is 16.8 Å². The second-order valence-electron chi connectivity index (χ2n) is 2.91. The Morgan fingerprint density at radius 2 is 2.20 bits per heavy atom. The number of oxime groups is 1. The fraction of sp³-hybridized carbons (Fsp3) is 0.875. The molecule has 0 aliphatic rings. The highest BCUT2D eigenvalue weighted by Crippen LogP contribution is 2.21. The summed E-state index contributed by atoms with van der Waals surface area (Å²) in [5.41, 5.74) is 11.1. The normalized spacial score (nSPS) is 15.4. The molecule has 0 heterocycles. The fourth-order valence-corrected chi connectivity index (χ4v) is 2.87. The van der Waals surface area contributed by atoms with Crippen LogP contribution in [0.5, 0.6) is 0 Å². The maximum absolute atomic E-state index is 8.16. The number of nitrogens with zero attached hydrogens (tertiary/aromatic N) is 1. The van der Waals surface area contributed by atoms with E-state index in [1.165, 1.54) is 31.0 Å². The number of unbranched alkanes of at least 4 members (excludes halogenated alkanes) is 2. The van der Waals surface area contributed by atoms with Crippen LogP contribution in [0.4, 0.5) is 0 Å². The van der Waals surface area contributed by atoms with E-state index in [0.29, 0.717) is 0 Å². The first-order chi connectivity index (χ1) is 7.20. The summed E-state index contributed by atoms with van der Waals surface area (Å²) in [6.07, 6.45) is 4.80. The van der Waals surface area contributed by atoms with Crippen LogP contribution in [0.25, 0.3) is 0 Å². The third kappa shape index (κ3) is 10.2. The van der Waals surface area contributed by atoms with Gasteiger partial charge in [0.05, 0.1) is 0 Å². The standard InChI is InChI=1S/C8H20N4OS2/c1-2-3-4-5-14-8(10)15-7(9)11-6-12-13/h6-8,13H,2-5,9-10H2,1H3,(H,11,12). The van der Waals surface area contributed by atoms with Gasteiger partial charge in [-0.25, -0.2) is 0 Å². The first-order valence-electron chi connectivity index (χ1n) is 4.91. The Bertz CT molecular complexity index is 171. The quantitative estimate of drug-likeness (QED) is 0.123. The summed E-state index contributed by atoms with van der Waals surface area (Å²) in [7, 11) is 0. The average Bonchev–Trinajstić information content (AvgIpc) is 2.21. The zero-order chi connectivity index (χ0) is 11.5. The molecule has 0 bridgehead atoms. The molecule has 0 aromatic heterocycles. The van der Waals surface area contributed by atoms with Gasteiger partial charge in [0.15, 0.2) is 0 Å². The van der Waals surface area contributed by atoms with Gasteiger partial charge < -0.3 is 22.0 Å². The molecule has 6 N–H and O–H groups in total. The summed E-state index contributed by atoms with van der Waals surface area (Å²) in [4.78, 5) is 0. The van der Waals surface area contributed by atoms with Crippen LogP contribution in [0, 0.1) is 0 Å². The molecule has 2 unspecified atom stereocenters. The average molecular weight is 252 g/mol. The van der Waals surface area contributed by atoms with Crippen molar-refractivity contribution >= 4 is 29.9 Å². The number of nitrogens with one attached hydrogen (secondary N) is 1. The number of hydrogen-bond donors (Lipinski definition) is 4. The first-order valence-corrected chi connectivity index (χ1v) is 6.90. The molecule has 0 rings (SSSR count). The van der Waals surface area contributed by atoms with Crippen molar-refractivity contribution in [2.24, 2.45) is 16.6 Å². The van der Waals surface area contributed by atoms with E-state index in [1.54, 1.807) is 11.8 Å². The lowest BCUT2D eigenvalue weighted by Crippen LogP contribution is -2.36. The summed E-state index contributed by atoms with van der Waals surface area (Å²) in [5.74, 6) is 1.06. The van der Waals surface area contributed by atoms with Crippen molar-refractivity contribution in [3.05, 3.63) is 0 Å². The van der Waals surface area contributed by atoms with E-state index in [4.69, 9.17) is 16.7 Å². The van der Waals surface area contributed by atoms with Crippen LogP contribution >= 0.6 is 23.5 Å². The summed E-state index contributed by atoms with van der Waals surface area (Å²) in [6.45, 7) is 2.17. The molecule has 0 amide bonds. The Labute approximate surface area is 99.4 Å². The number of nitrogens with two attached hydrogens (primary N) is 2. The highest BCUT2D eigenvalue weighted by atomic mass is 32.2. The minimum Gasteiger partial charge on any atom is -0.410 e. The minimum absolute atomic E-state index is 0.0450. The summed E-state index contributed by atoms with van der Waals surface area (Å²) in [5, 5.41) is 13.6. The highest BCUT2D eigenvalue weighted by molar-refractivity contribution is 8.17. The monoisotopic (exact) mass is 252 g/mol. The Balaban J connectivity index is 3.41. The van der Waals surface area contributed by atoms with Gasteiger partial charge in [0.25, 0.3) is 0 Å². The first kappa shape index (κ1) is 14.9. The SMILES string of the molecule is CCCCCSC(N)SC(N)N/C=N/O. The third-order valence-electron chi connectivity index (χ3n) is 1.61. The largest absolute Gasteiger partial charge is 0.410 e.